The predicted molar refractivity (Wildman–Crippen MR) is 72.6 cm³/mol. The molecule has 2 rings (SSSR count). The first kappa shape index (κ1) is 12.3. The topological polar surface area (TPSA) is 26.3 Å². The van der Waals surface area contributed by atoms with Crippen LogP contribution >= 0.6 is 37.5 Å². The van der Waals surface area contributed by atoms with Crippen molar-refractivity contribution in [1.29, 1.82) is 0 Å². The highest BCUT2D eigenvalue weighted by Gasteiger charge is 2.20. The number of hydrogen-bond donors (Lipinski definition) is 0. The van der Waals surface area contributed by atoms with Crippen LogP contribution in [0.3, 0.4) is 0 Å². The molecule has 86 valence electrons. The Morgan fingerprint density at radius 1 is 1.31 bits per heavy atom. The largest absolute Gasteiger partial charge is 0.460 e. The molecule has 16 heavy (non-hydrogen) atoms. The highest BCUT2D eigenvalue weighted by molar-refractivity contribution is 9.10. The van der Waals surface area contributed by atoms with Crippen molar-refractivity contribution < 1.29 is 9.53 Å². The molecule has 1 aliphatic rings. The summed E-state index contributed by atoms with van der Waals surface area (Å²) < 4.78 is 6.37. The van der Waals surface area contributed by atoms with Crippen LogP contribution in [-0.2, 0) is 16.0 Å². The highest BCUT2D eigenvalue weighted by atomic mass is 79.9. The zero-order chi connectivity index (χ0) is 11.4. The third-order valence-electron chi connectivity index (χ3n) is 2.15. The normalized spacial score (nSPS) is 16.3. The molecule has 1 aliphatic heterocycles. The molecule has 5 heteroatoms. The molecule has 0 saturated carbocycles. The number of carbonyl (C=O) groups is 1. The minimum absolute atomic E-state index is 0.0953. The zero-order valence-electron chi connectivity index (χ0n) is 8.52. The van der Waals surface area contributed by atoms with Gasteiger partial charge in [0.2, 0.25) is 0 Å². The average molecular weight is 319 g/mol. The maximum atomic E-state index is 11.6. The molecule has 1 heterocycles. The van der Waals surface area contributed by atoms with Gasteiger partial charge in [-0.05, 0) is 17.7 Å². The van der Waals surface area contributed by atoms with Crippen molar-refractivity contribution in [2.75, 3.05) is 11.5 Å². The van der Waals surface area contributed by atoms with Crippen LogP contribution in [0.25, 0.3) is 0 Å². The summed E-state index contributed by atoms with van der Waals surface area (Å²) in [4.78, 5) is 11.6. The van der Waals surface area contributed by atoms with Crippen molar-refractivity contribution in [3.63, 3.8) is 0 Å². The van der Waals surface area contributed by atoms with E-state index in [1.165, 1.54) is 0 Å². The molecule has 0 unspecified atom stereocenters. The first-order valence-electron chi connectivity index (χ1n) is 4.92. The molecule has 0 bridgehead atoms. The van der Waals surface area contributed by atoms with Gasteiger partial charge in [0.25, 0.3) is 0 Å². The van der Waals surface area contributed by atoms with E-state index in [4.69, 9.17) is 4.74 Å². The molecule has 1 aromatic rings. The summed E-state index contributed by atoms with van der Waals surface area (Å²) in [6.07, 6.45) is 0.456. The van der Waals surface area contributed by atoms with Gasteiger partial charge in [-0.3, -0.25) is 4.79 Å². The van der Waals surface area contributed by atoms with E-state index in [0.717, 1.165) is 21.5 Å². The number of hydrogen-bond acceptors (Lipinski definition) is 4. The van der Waals surface area contributed by atoms with Crippen LogP contribution in [0.2, 0.25) is 0 Å². The number of carbonyl (C=O) groups excluding carboxylic acids is 1. The first-order chi connectivity index (χ1) is 7.74. The molecule has 0 radical (unpaired) electrons. The highest BCUT2D eigenvalue weighted by Crippen LogP contribution is 2.32. The minimum Gasteiger partial charge on any atom is -0.460 e. The Kier molecular flexibility index (Phi) is 4.61. The Morgan fingerprint density at radius 2 is 1.94 bits per heavy atom. The smallest absolute Gasteiger partial charge is 0.310 e. The number of rotatable bonds is 3. The van der Waals surface area contributed by atoms with Gasteiger partial charge in [-0.1, -0.05) is 49.7 Å². The van der Waals surface area contributed by atoms with Crippen molar-refractivity contribution in [3.05, 3.63) is 34.3 Å². The lowest BCUT2D eigenvalue weighted by molar-refractivity contribution is -0.146. The number of esters is 1. The second-order valence-corrected chi connectivity index (χ2v) is 6.95. The van der Waals surface area contributed by atoms with E-state index in [1.807, 2.05) is 24.3 Å². The molecule has 0 N–H and O–H groups in total. The third kappa shape index (κ3) is 3.71. The van der Waals surface area contributed by atoms with E-state index in [1.54, 1.807) is 21.6 Å². The quantitative estimate of drug-likeness (QED) is 0.631. The maximum Gasteiger partial charge on any atom is 0.310 e. The molecule has 0 amide bonds. The van der Waals surface area contributed by atoms with Gasteiger partial charge >= 0.3 is 5.97 Å². The Bertz CT molecular complexity index is 361. The Labute approximate surface area is 111 Å². The summed E-state index contributed by atoms with van der Waals surface area (Å²) in [7, 11) is 3.53. The van der Waals surface area contributed by atoms with Crippen molar-refractivity contribution in [2.24, 2.45) is 0 Å². The summed E-state index contributed by atoms with van der Waals surface area (Å²) in [6.45, 7) is 0. The number of ether oxygens (including phenoxy) is 1. The lowest BCUT2D eigenvalue weighted by atomic mass is 10.1. The van der Waals surface area contributed by atoms with Crippen LogP contribution < -0.4 is 0 Å². The second kappa shape index (κ2) is 5.98. The van der Waals surface area contributed by atoms with Crippen molar-refractivity contribution >= 4 is 43.5 Å². The molecule has 2 nitrogen and oxygen atoms in total. The lowest BCUT2D eigenvalue weighted by Crippen LogP contribution is -2.20. The van der Waals surface area contributed by atoms with Gasteiger partial charge in [0.05, 0.1) is 6.42 Å². The van der Waals surface area contributed by atoms with Gasteiger partial charge in [-0.15, -0.1) is 0 Å². The molecular weight excluding hydrogens is 308 g/mol. The van der Waals surface area contributed by atoms with E-state index in [2.05, 4.69) is 15.9 Å². The van der Waals surface area contributed by atoms with Crippen molar-refractivity contribution in [1.82, 2.24) is 0 Å². The van der Waals surface area contributed by atoms with Crippen LogP contribution in [0.4, 0.5) is 0 Å². The van der Waals surface area contributed by atoms with Gasteiger partial charge in [0.1, 0.15) is 6.10 Å². The standard InChI is InChI=1S/C11H11BrO2S2/c12-9-3-1-8(2-4-9)5-11(13)14-10-6-15-16-7-10/h1-4,10H,5-7H2. The van der Waals surface area contributed by atoms with Crippen LogP contribution in [-0.4, -0.2) is 23.6 Å². The molecule has 1 aromatic carbocycles. The van der Waals surface area contributed by atoms with Crippen LogP contribution in [0, 0.1) is 0 Å². The summed E-state index contributed by atoms with van der Waals surface area (Å²) in [5.74, 6) is 1.70. The Morgan fingerprint density at radius 3 is 2.56 bits per heavy atom. The number of halogens is 1. The van der Waals surface area contributed by atoms with E-state index >= 15 is 0 Å². The van der Waals surface area contributed by atoms with Crippen molar-refractivity contribution in [3.8, 4) is 0 Å². The summed E-state index contributed by atoms with van der Waals surface area (Å²) >= 11 is 3.36. The molecule has 1 saturated heterocycles. The second-order valence-electron chi connectivity index (χ2n) is 3.48. The fraction of sp³-hybridized carbons (Fsp3) is 0.364. The SMILES string of the molecule is O=C(Cc1ccc(Br)cc1)OC1CSSC1. The fourth-order valence-corrected chi connectivity index (χ4v) is 4.13. The lowest BCUT2D eigenvalue weighted by Gasteiger charge is -2.09. The molecule has 0 aromatic heterocycles. The average Bonchev–Trinajstić information content (AvgIpc) is 2.74. The Hall–Kier alpha value is -0.130. The van der Waals surface area contributed by atoms with E-state index in [9.17, 15) is 4.79 Å². The zero-order valence-corrected chi connectivity index (χ0v) is 11.7. The van der Waals surface area contributed by atoms with E-state index in [-0.39, 0.29) is 12.1 Å². The first-order valence-corrected chi connectivity index (χ1v) is 8.20. The van der Waals surface area contributed by atoms with Crippen LogP contribution in [0.5, 0.6) is 0 Å². The van der Waals surface area contributed by atoms with Gasteiger partial charge in [0.15, 0.2) is 0 Å². The molecule has 0 aliphatic carbocycles. The van der Waals surface area contributed by atoms with Gasteiger partial charge < -0.3 is 4.74 Å². The predicted octanol–water partition coefficient (Wildman–Crippen LogP) is 3.30. The van der Waals surface area contributed by atoms with Crippen LogP contribution in [0.1, 0.15) is 5.56 Å². The minimum atomic E-state index is -0.129. The Balaban J connectivity index is 1.84. The maximum absolute atomic E-state index is 11.6. The molecule has 0 atom stereocenters. The summed E-state index contributed by atoms with van der Waals surface area (Å²) in [5, 5.41) is 0. The van der Waals surface area contributed by atoms with Gasteiger partial charge in [0, 0.05) is 16.0 Å². The third-order valence-corrected chi connectivity index (χ3v) is 5.18. The fourth-order valence-electron chi connectivity index (χ4n) is 1.36. The summed E-state index contributed by atoms with van der Waals surface area (Å²) in [6, 6.07) is 7.74. The molecule has 1 fully saturated rings. The van der Waals surface area contributed by atoms with Crippen molar-refractivity contribution in [2.45, 2.75) is 12.5 Å². The van der Waals surface area contributed by atoms with Crippen LogP contribution in [0.15, 0.2) is 28.7 Å². The molecular formula is C11H11BrO2S2. The van der Waals surface area contributed by atoms with Gasteiger partial charge in [-0.2, -0.15) is 0 Å². The number of benzene rings is 1. The summed E-state index contributed by atoms with van der Waals surface area (Å²) in [5.41, 5.74) is 0.992. The monoisotopic (exact) mass is 318 g/mol. The van der Waals surface area contributed by atoms with E-state index < -0.39 is 0 Å². The molecule has 0 spiro atoms. The van der Waals surface area contributed by atoms with E-state index in [0.29, 0.717) is 6.42 Å². The van der Waals surface area contributed by atoms with Gasteiger partial charge in [-0.25, -0.2) is 0 Å².